The number of carbonyl (C=O) groups is 3. The third kappa shape index (κ3) is 18.2. The molecule has 0 aliphatic rings. The zero-order valence-corrected chi connectivity index (χ0v) is 13.0. The second kappa shape index (κ2) is 16.6. The summed E-state index contributed by atoms with van der Waals surface area (Å²) in [6.07, 6.45) is 0.426. The minimum Gasteiger partial charge on any atom is -0.481 e. The van der Waals surface area contributed by atoms with Crippen molar-refractivity contribution in [1.82, 2.24) is 10.6 Å². The Kier molecular flexibility index (Phi) is 15.4. The van der Waals surface area contributed by atoms with Crippen LogP contribution < -0.4 is 10.6 Å². The molecule has 0 aromatic heterocycles. The lowest BCUT2D eigenvalue weighted by Gasteiger charge is -2.08. The molecule has 10 nitrogen and oxygen atoms in total. The highest BCUT2D eigenvalue weighted by atomic mass is 16.6. The molecule has 0 unspecified atom stereocenters. The molecule has 23 heavy (non-hydrogen) atoms. The highest BCUT2D eigenvalue weighted by Gasteiger charge is 1.98. The van der Waals surface area contributed by atoms with Crippen LogP contribution in [-0.2, 0) is 33.3 Å². The van der Waals surface area contributed by atoms with Crippen molar-refractivity contribution in [3.8, 4) is 0 Å². The maximum atomic E-state index is 11.0. The fourth-order valence-corrected chi connectivity index (χ4v) is 1.22. The van der Waals surface area contributed by atoms with Crippen LogP contribution in [0.3, 0.4) is 0 Å². The summed E-state index contributed by atoms with van der Waals surface area (Å²) in [6.45, 7) is 2.34. The molecule has 0 aromatic rings. The van der Waals surface area contributed by atoms with Gasteiger partial charge in [-0.3, -0.25) is 14.4 Å². The van der Waals surface area contributed by atoms with E-state index in [4.69, 9.17) is 24.1 Å². The first-order valence-electron chi connectivity index (χ1n) is 7.13. The average molecular weight is 336 g/mol. The van der Waals surface area contributed by atoms with Gasteiger partial charge in [0.1, 0.15) is 6.73 Å². The minimum absolute atomic E-state index is 0.0167. The van der Waals surface area contributed by atoms with E-state index in [1.54, 1.807) is 0 Å². The quantitative estimate of drug-likeness (QED) is 0.163. The number of amides is 2. The Bertz CT molecular complexity index is 327. The molecule has 0 fully saturated rings. The molecular formula is C13H24N2O8. The Balaban J connectivity index is 3.09. The lowest BCUT2D eigenvalue weighted by molar-refractivity contribution is -0.138. The number of carboxylic acid groups (broad SMARTS) is 1. The van der Waals surface area contributed by atoms with Gasteiger partial charge < -0.3 is 34.7 Å². The van der Waals surface area contributed by atoms with E-state index in [1.807, 2.05) is 0 Å². The molecule has 2 amide bonds. The van der Waals surface area contributed by atoms with Crippen LogP contribution in [0.25, 0.3) is 0 Å². The monoisotopic (exact) mass is 336 g/mol. The number of hydrogen-bond donors (Lipinski definition) is 3. The third-order valence-corrected chi connectivity index (χ3v) is 2.29. The lowest BCUT2D eigenvalue weighted by atomic mass is 10.5. The van der Waals surface area contributed by atoms with E-state index < -0.39 is 5.97 Å². The molecule has 3 N–H and O–H groups in total. The minimum atomic E-state index is -0.890. The fourth-order valence-electron chi connectivity index (χ4n) is 1.22. The predicted molar refractivity (Wildman–Crippen MR) is 77.7 cm³/mol. The zero-order chi connectivity index (χ0) is 17.2. The van der Waals surface area contributed by atoms with Gasteiger partial charge in [-0.2, -0.15) is 0 Å². The predicted octanol–water partition coefficient (Wildman–Crippen LogP) is -1.65. The smallest absolute Gasteiger partial charge is 0.305 e. The van der Waals surface area contributed by atoms with Gasteiger partial charge in [-0.15, -0.1) is 0 Å². The highest BCUT2D eigenvalue weighted by molar-refractivity contribution is 5.79. The van der Waals surface area contributed by atoms with Gasteiger partial charge in [0.05, 0.1) is 59.2 Å². The summed E-state index contributed by atoms with van der Waals surface area (Å²) < 4.78 is 20.6. The van der Waals surface area contributed by atoms with Gasteiger partial charge in [0.2, 0.25) is 12.3 Å². The van der Waals surface area contributed by atoms with Crippen molar-refractivity contribution in [3.63, 3.8) is 0 Å². The highest BCUT2D eigenvalue weighted by Crippen LogP contribution is 1.85. The summed E-state index contributed by atoms with van der Waals surface area (Å²) in [5.74, 6) is -1.23. The second-order valence-corrected chi connectivity index (χ2v) is 4.13. The van der Waals surface area contributed by atoms with E-state index in [9.17, 15) is 14.4 Å². The topological polar surface area (TPSA) is 132 Å². The number of rotatable bonds is 17. The van der Waals surface area contributed by atoms with Gasteiger partial charge in [0.25, 0.3) is 0 Å². The number of carbonyl (C=O) groups excluding carboxylic acids is 2. The van der Waals surface area contributed by atoms with Crippen LogP contribution in [-0.4, -0.2) is 82.9 Å². The van der Waals surface area contributed by atoms with Crippen LogP contribution in [0, 0.1) is 0 Å². The molecule has 10 heteroatoms. The molecule has 0 heterocycles. The third-order valence-electron chi connectivity index (χ3n) is 2.29. The number of carboxylic acids is 1. The fraction of sp³-hybridized carbons (Fsp3) is 0.769. The molecule has 0 atom stereocenters. The molecule has 134 valence electrons. The van der Waals surface area contributed by atoms with Gasteiger partial charge in [0, 0.05) is 0 Å². The maximum absolute atomic E-state index is 11.0. The van der Waals surface area contributed by atoms with Gasteiger partial charge >= 0.3 is 5.97 Å². The van der Waals surface area contributed by atoms with Crippen LogP contribution in [0.1, 0.15) is 6.42 Å². The maximum Gasteiger partial charge on any atom is 0.305 e. The van der Waals surface area contributed by atoms with Crippen molar-refractivity contribution in [2.75, 3.05) is 59.5 Å². The molecule has 0 bridgehead atoms. The molecular weight excluding hydrogens is 312 g/mol. The van der Waals surface area contributed by atoms with Crippen LogP contribution in [0.4, 0.5) is 0 Å². The average Bonchev–Trinajstić information content (AvgIpc) is 2.52. The second-order valence-electron chi connectivity index (χ2n) is 4.13. The van der Waals surface area contributed by atoms with Crippen LogP contribution in [0.5, 0.6) is 0 Å². The SMILES string of the molecule is O=CNCC(=O)NCOCCOCCOCCOCCC(=O)O. The Morgan fingerprint density at radius 3 is 1.91 bits per heavy atom. The number of nitrogens with one attached hydrogen (secondary N) is 2. The van der Waals surface area contributed by atoms with E-state index in [0.29, 0.717) is 46.1 Å². The van der Waals surface area contributed by atoms with Gasteiger partial charge in [-0.1, -0.05) is 0 Å². The molecule has 0 aliphatic carbocycles. The van der Waals surface area contributed by atoms with E-state index in [1.165, 1.54) is 0 Å². The summed E-state index contributed by atoms with van der Waals surface area (Å²) in [6, 6.07) is 0. The molecule has 0 aliphatic heterocycles. The summed E-state index contributed by atoms with van der Waals surface area (Å²) in [4.78, 5) is 31.2. The summed E-state index contributed by atoms with van der Waals surface area (Å²) in [5, 5.41) is 13.1. The Labute approximate surface area is 134 Å². The number of ether oxygens (including phenoxy) is 4. The largest absolute Gasteiger partial charge is 0.481 e. The van der Waals surface area contributed by atoms with Crippen LogP contribution in [0.15, 0.2) is 0 Å². The van der Waals surface area contributed by atoms with Crippen LogP contribution >= 0.6 is 0 Å². The van der Waals surface area contributed by atoms with E-state index in [0.717, 1.165) is 0 Å². The molecule has 0 radical (unpaired) electrons. The molecule has 0 rings (SSSR count). The normalized spacial score (nSPS) is 10.3. The van der Waals surface area contributed by atoms with Gasteiger partial charge in [-0.05, 0) is 0 Å². The van der Waals surface area contributed by atoms with E-state index in [2.05, 4.69) is 10.6 Å². The molecule has 0 saturated carbocycles. The lowest BCUT2D eigenvalue weighted by Crippen LogP contribution is -2.34. The number of hydrogen-bond acceptors (Lipinski definition) is 7. The Morgan fingerprint density at radius 1 is 0.870 bits per heavy atom. The van der Waals surface area contributed by atoms with Gasteiger partial charge in [-0.25, -0.2) is 0 Å². The first-order valence-corrected chi connectivity index (χ1v) is 7.13. The molecule has 0 aromatic carbocycles. The standard InChI is InChI=1S/C13H24N2O8/c16-10-14-9-12(17)15-11-23-8-7-22-6-5-21-4-3-20-2-1-13(18)19/h10H,1-9,11H2,(H,14,16)(H,15,17)(H,18,19). The van der Waals surface area contributed by atoms with Gasteiger partial charge in [0.15, 0.2) is 0 Å². The van der Waals surface area contributed by atoms with Crippen molar-refractivity contribution in [3.05, 3.63) is 0 Å². The van der Waals surface area contributed by atoms with E-state index in [-0.39, 0.29) is 32.2 Å². The molecule has 0 spiro atoms. The summed E-state index contributed by atoms with van der Waals surface area (Å²) in [5.41, 5.74) is 0. The zero-order valence-electron chi connectivity index (χ0n) is 13.0. The van der Waals surface area contributed by atoms with Crippen molar-refractivity contribution < 1.29 is 38.4 Å². The first-order chi connectivity index (χ1) is 11.2. The van der Waals surface area contributed by atoms with Crippen LogP contribution in [0.2, 0.25) is 0 Å². The molecule has 0 saturated heterocycles. The summed E-state index contributed by atoms with van der Waals surface area (Å²) >= 11 is 0. The Morgan fingerprint density at radius 2 is 1.39 bits per heavy atom. The van der Waals surface area contributed by atoms with Crippen molar-refractivity contribution >= 4 is 18.3 Å². The van der Waals surface area contributed by atoms with Crippen molar-refractivity contribution in [2.45, 2.75) is 6.42 Å². The Hall–Kier alpha value is -1.75. The van der Waals surface area contributed by atoms with Crippen molar-refractivity contribution in [1.29, 1.82) is 0 Å². The van der Waals surface area contributed by atoms with Crippen molar-refractivity contribution in [2.24, 2.45) is 0 Å². The summed E-state index contributed by atoms with van der Waals surface area (Å²) in [7, 11) is 0. The first kappa shape index (κ1) is 21.2. The van der Waals surface area contributed by atoms with E-state index >= 15 is 0 Å². The number of aliphatic carboxylic acids is 1.